The molecule has 3 aromatic rings. The summed E-state index contributed by atoms with van der Waals surface area (Å²) in [5.41, 5.74) is 0.508. The van der Waals surface area contributed by atoms with Crippen LogP contribution in [0, 0.1) is 0 Å². The number of carbonyl (C=O) groups excluding carboxylic acids is 1. The van der Waals surface area contributed by atoms with E-state index in [1.165, 1.54) is 15.3 Å². The van der Waals surface area contributed by atoms with Gasteiger partial charge in [0.2, 0.25) is 0 Å². The number of alkyl halides is 1. The number of hydrogen-bond donors (Lipinski definition) is 4. The minimum absolute atomic E-state index is 0.210. The van der Waals surface area contributed by atoms with Crippen molar-refractivity contribution >= 4 is 28.9 Å². The maximum Gasteiger partial charge on any atom is 0.274 e. The fraction of sp³-hybridized carbons (Fsp3) is 0.400. The van der Waals surface area contributed by atoms with E-state index in [0.717, 1.165) is 6.42 Å². The molecule has 4 N–H and O–H groups in total. The summed E-state index contributed by atoms with van der Waals surface area (Å²) in [6.07, 6.45) is 3.22. The molecule has 0 bridgehead atoms. The average molecular weight is 427 g/mol. The fourth-order valence-corrected chi connectivity index (χ4v) is 3.72. The van der Waals surface area contributed by atoms with Gasteiger partial charge in [0.25, 0.3) is 11.5 Å². The second kappa shape index (κ2) is 7.34. The van der Waals surface area contributed by atoms with Crippen LogP contribution < -0.4 is 21.5 Å². The van der Waals surface area contributed by atoms with Gasteiger partial charge in [0, 0.05) is 25.7 Å². The Morgan fingerprint density at radius 2 is 2.16 bits per heavy atom. The molecule has 0 spiro atoms. The Labute approximate surface area is 176 Å². The first-order valence-corrected chi connectivity index (χ1v) is 10.1. The summed E-state index contributed by atoms with van der Waals surface area (Å²) in [5.74, 6) is 0.435. The first-order chi connectivity index (χ1) is 15.0. The van der Waals surface area contributed by atoms with E-state index in [2.05, 4.69) is 26.0 Å². The number of pyridine rings is 1. The minimum atomic E-state index is -1.02. The molecular weight excluding hydrogens is 405 g/mol. The van der Waals surface area contributed by atoms with Crippen molar-refractivity contribution in [2.45, 2.75) is 43.6 Å². The van der Waals surface area contributed by atoms with E-state index in [1.807, 2.05) is 0 Å². The monoisotopic (exact) mass is 427 g/mol. The normalized spacial score (nSPS) is 24.5. The highest BCUT2D eigenvalue weighted by molar-refractivity contribution is 6.00. The number of aliphatic hydroxyl groups is 1. The third-order valence-electron chi connectivity index (χ3n) is 5.80. The van der Waals surface area contributed by atoms with Gasteiger partial charge in [0.15, 0.2) is 5.65 Å². The molecule has 2 fully saturated rings. The van der Waals surface area contributed by atoms with E-state index in [4.69, 9.17) is 0 Å². The zero-order valence-electron chi connectivity index (χ0n) is 16.7. The number of nitrogens with one attached hydrogen (secondary N) is 3. The van der Waals surface area contributed by atoms with Gasteiger partial charge in [-0.2, -0.15) is 9.61 Å². The van der Waals surface area contributed by atoms with Crippen molar-refractivity contribution in [3.05, 3.63) is 46.5 Å². The van der Waals surface area contributed by atoms with E-state index in [0.29, 0.717) is 30.2 Å². The Hall–Kier alpha value is -3.47. The molecule has 5 rings (SSSR count). The van der Waals surface area contributed by atoms with Crippen LogP contribution in [0.3, 0.4) is 0 Å². The van der Waals surface area contributed by atoms with Crippen LogP contribution in [0.4, 0.5) is 21.7 Å². The van der Waals surface area contributed by atoms with E-state index < -0.39 is 24.2 Å². The number of carbonyl (C=O) groups is 1. The van der Waals surface area contributed by atoms with Crippen LogP contribution in [0.2, 0.25) is 0 Å². The number of anilines is 3. The van der Waals surface area contributed by atoms with Crippen LogP contribution in [-0.4, -0.2) is 55.5 Å². The number of fused-ring (bicyclic) bond motifs is 1. The third-order valence-corrected chi connectivity index (χ3v) is 5.80. The number of nitrogens with zero attached hydrogens (tertiary/aromatic N) is 4. The van der Waals surface area contributed by atoms with Gasteiger partial charge in [0.1, 0.15) is 29.1 Å². The fourth-order valence-electron chi connectivity index (χ4n) is 3.72. The third kappa shape index (κ3) is 3.40. The van der Waals surface area contributed by atoms with Crippen LogP contribution in [-0.2, 0) is 0 Å². The SMILES string of the molecule is CNc1cc(Nc2cccn([C@@H]3CC[C@H]3O)c2=O)nc2c(C(=O)N[C@@H]3C[C@@H]3F)cnn12. The lowest BCUT2D eigenvalue weighted by atomic mass is 9.89. The Kier molecular flexibility index (Phi) is 4.62. The Morgan fingerprint density at radius 3 is 2.81 bits per heavy atom. The molecule has 162 valence electrons. The number of halogens is 1. The van der Waals surface area contributed by atoms with Crippen molar-refractivity contribution in [3.8, 4) is 0 Å². The summed E-state index contributed by atoms with van der Waals surface area (Å²) < 4.78 is 16.2. The van der Waals surface area contributed by atoms with E-state index in [-0.39, 0.29) is 22.8 Å². The standard InChI is InChI=1S/C20H22FN7O3/c1-22-17-8-16(24-12-3-2-6-27(20(12)31)14-4-5-15(14)29)26-18-10(9-23-28(17)18)19(30)25-13-7-11(13)21/h2-3,6,8-9,11,13-15,22,29H,4-5,7H2,1H3,(H,24,26)(H,25,30)/t11-,13+,14+,15+/m0/s1. The van der Waals surface area contributed by atoms with E-state index in [1.54, 1.807) is 31.4 Å². The lowest BCUT2D eigenvalue weighted by molar-refractivity contribution is 0.0300. The summed E-state index contributed by atoms with van der Waals surface area (Å²) in [6, 6.07) is 4.32. The maximum atomic E-state index is 13.2. The van der Waals surface area contributed by atoms with Crippen LogP contribution >= 0.6 is 0 Å². The van der Waals surface area contributed by atoms with Gasteiger partial charge < -0.3 is 25.6 Å². The van der Waals surface area contributed by atoms with Crippen molar-refractivity contribution in [1.29, 1.82) is 0 Å². The number of hydrogen-bond acceptors (Lipinski definition) is 7. The van der Waals surface area contributed by atoms with Gasteiger partial charge in [-0.15, -0.1) is 0 Å². The van der Waals surface area contributed by atoms with Crippen molar-refractivity contribution in [1.82, 2.24) is 24.5 Å². The molecule has 0 aromatic carbocycles. The van der Waals surface area contributed by atoms with E-state index >= 15 is 0 Å². The summed E-state index contributed by atoms with van der Waals surface area (Å²) in [6.45, 7) is 0. The summed E-state index contributed by atoms with van der Waals surface area (Å²) in [7, 11) is 1.70. The summed E-state index contributed by atoms with van der Waals surface area (Å²) in [5, 5.41) is 22.8. The van der Waals surface area contributed by atoms with Crippen LogP contribution in [0.1, 0.15) is 35.7 Å². The smallest absolute Gasteiger partial charge is 0.274 e. The molecule has 31 heavy (non-hydrogen) atoms. The number of amides is 1. The molecule has 0 radical (unpaired) electrons. The first-order valence-electron chi connectivity index (χ1n) is 10.1. The quantitative estimate of drug-likeness (QED) is 0.466. The van der Waals surface area contributed by atoms with Crippen molar-refractivity contribution in [2.24, 2.45) is 0 Å². The van der Waals surface area contributed by atoms with Gasteiger partial charge in [-0.25, -0.2) is 9.37 Å². The molecule has 0 aliphatic heterocycles. The second-order valence-electron chi connectivity index (χ2n) is 7.87. The lowest BCUT2D eigenvalue weighted by Gasteiger charge is -2.34. The van der Waals surface area contributed by atoms with Gasteiger partial charge in [0.05, 0.1) is 24.4 Å². The second-order valence-corrected chi connectivity index (χ2v) is 7.87. The molecule has 4 atom stereocenters. The van der Waals surface area contributed by atoms with Crippen LogP contribution in [0.15, 0.2) is 35.4 Å². The highest BCUT2D eigenvalue weighted by Gasteiger charge is 2.39. The number of aromatic nitrogens is 4. The largest absolute Gasteiger partial charge is 0.391 e. The average Bonchev–Trinajstić information content (AvgIpc) is 3.26. The van der Waals surface area contributed by atoms with Crippen molar-refractivity contribution in [2.75, 3.05) is 17.7 Å². The number of aliphatic hydroxyl groups excluding tert-OH is 1. The van der Waals surface area contributed by atoms with Gasteiger partial charge in [-0.3, -0.25) is 9.59 Å². The predicted molar refractivity (Wildman–Crippen MR) is 112 cm³/mol. The molecule has 3 aromatic heterocycles. The summed E-state index contributed by atoms with van der Waals surface area (Å²) in [4.78, 5) is 29.9. The highest BCUT2D eigenvalue weighted by Crippen LogP contribution is 2.31. The maximum absolute atomic E-state index is 13.2. The van der Waals surface area contributed by atoms with E-state index in [9.17, 15) is 19.1 Å². The van der Waals surface area contributed by atoms with Gasteiger partial charge in [-0.1, -0.05) is 0 Å². The zero-order chi connectivity index (χ0) is 21.7. The molecular formula is C20H22FN7O3. The molecule has 11 heteroatoms. The first kappa shape index (κ1) is 19.5. The van der Waals surface area contributed by atoms with Gasteiger partial charge in [-0.05, 0) is 25.0 Å². The Balaban J connectivity index is 1.49. The molecule has 2 aliphatic rings. The zero-order valence-corrected chi connectivity index (χ0v) is 16.7. The molecule has 3 heterocycles. The highest BCUT2D eigenvalue weighted by atomic mass is 19.1. The predicted octanol–water partition coefficient (Wildman–Crippen LogP) is 1.21. The minimum Gasteiger partial charge on any atom is -0.391 e. The lowest BCUT2D eigenvalue weighted by Crippen LogP contribution is -2.39. The molecule has 0 unspecified atom stereocenters. The molecule has 2 aliphatic carbocycles. The molecule has 10 nitrogen and oxygen atoms in total. The van der Waals surface area contributed by atoms with Crippen LogP contribution in [0.5, 0.6) is 0 Å². The van der Waals surface area contributed by atoms with Crippen LogP contribution in [0.25, 0.3) is 5.65 Å². The Morgan fingerprint density at radius 1 is 1.35 bits per heavy atom. The van der Waals surface area contributed by atoms with Gasteiger partial charge >= 0.3 is 0 Å². The molecule has 1 amide bonds. The van der Waals surface area contributed by atoms with Crippen molar-refractivity contribution in [3.63, 3.8) is 0 Å². The Bertz CT molecular complexity index is 1220. The number of rotatable bonds is 6. The topological polar surface area (TPSA) is 126 Å². The molecule has 2 saturated carbocycles. The van der Waals surface area contributed by atoms with Crippen molar-refractivity contribution < 1.29 is 14.3 Å². The summed E-state index contributed by atoms with van der Waals surface area (Å²) >= 11 is 0. The molecule has 0 saturated heterocycles.